The van der Waals surface area contributed by atoms with Crippen LogP contribution in [0.2, 0.25) is 0 Å². The molecule has 0 fully saturated rings. The average molecular weight is 509 g/mol. The summed E-state index contributed by atoms with van der Waals surface area (Å²) in [5.41, 5.74) is 0.255. The van der Waals surface area contributed by atoms with Gasteiger partial charge in [-0.05, 0) is 52.0 Å². The number of sulfonamides is 2. The van der Waals surface area contributed by atoms with Crippen LogP contribution >= 0.6 is 0 Å². The fraction of sp³-hybridized carbons (Fsp3) is 0.273. The zero-order chi connectivity index (χ0) is 25.6. The molecule has 2 rings (SSSR count). The van der Waals surface area contributed by atoms with E-state index in [1.807, 2.05) is 0 Å². The molecule has 0 radical (unpaired) electrons. The molecule has 2 amide bonds. The zero-order valence-electron chi connectivity index (χ0n) is 18.9. The maximum absolute atomic E-state index is 12.2. The topological polar surface area (TPSA) is 145 Å². The highest BCUT2D eigenvalue weighted by atomic mass is 32.2. The van der Waals surface area contributed by atoms with Gasteiger partial charge in [0.15, 0.2) is 12.2 Å². The first-order valence-electron chi connectivity index (χ1n) is 9.79. The summed E-state index contributed by atoms with van der Waals surface area (Å²) in [6, 6.07) is 11.7. The molecule has 0 saturated carbocycles. The Morgan fingerprint density at radius 1 is 0.794 bits per heavy atom. The molecule has 34 heavy (non-hydrogen) atoms. The molecule has 0 aromatic heterocycles. The van der Waals surface area contributed by atoms with Crippen LogP contribution < -0.4 is 9.44 Å². The second-order valence-corrected chi connectivity index (χ2v) is 11.0. The Hall–Kier alpha value is -3.56. The Morgan fingerprint density at radius 2 is 1.21 bits per heavy atom. The minimum Gasteiger partial charge on any atom is -0.436 e. The fourth-order valence-corrected chi connectivity index (χ4v) is 4.19. The number of carbonyl (C=O) groups excluding carboxylic acids is 2. The van der Waals surface area contributed by atoms with Gasteiger partial charge in [-0.1, -0.05) is 47.2 Å². The zero-order valence-corrected chi connectivity index (χ0v) is 20.5. The van der Waals surface area contributed by atoms with Gasteiger partial charge in [0.25, 0.3) is 20.0 Å². The second kappa shape index (κ2) is 10.6. The normalized spacial score (nSPS) is 11.5. The van der Waals surface area contributed by atoms with Gasteiger partial charge in [-0.2, -0.15) is 0 Å². The highest BCUT2D eigenvalue weighted by Gasteiger charge is 2.25. The summed E-state index contributed by atoms with van der Waals surface area (Å²) >= 11 is 0. The molecule has 0 spiro atoms. The molecule has 2 N–H and O–H groups in total. The van der Waals surface area contributed by atoms with Gasteiger partial charge in [0, 0.05) is 0 Å². The predicted molar refractivity (Wildman–Crippen MR) is 123 cm³/mol. The van der Waals surface area contributed by atoms with E-state index < -0.39 is 44.4 Å². The molecule has 2 aromatic carbocycles. The van der Waals surface area contributed by atoms with Crippen molar-refractivity contribution in [1.82, 2.24) is 9.44 Å². The van der Waals surface area contributed by atoms with Crippen LogP contribution in [0, 0.1) is 25.7 Å². The number of rotatable bonds is 6. The molecule has 10 nitrogen and oxygen atoms in total. The van der Waals surface area contributed by atoms with Crippen LogP contribution in [-0.2, 0) is 29.5 Å². The van der Waals surface area contributed by atoms with Crippen molar-refractivity contribution in [3.05, 3.63) is 59.7 Å². The number of aryl methyl sites for hydroxylation is 2. The number of carbonyl (C=O) groups is 2. The van der Waals surface area contributed by atoms with Crippen molar-refractivity contribution in [2.75, 3.05) is 6.61 Å². The summed E-state index contributed by atoms with van der Waals surface area (Å²) in [5.74, 6) is 4.91. The Morgan fingerprint density at radius 3 is 1.65 bits per heavy atom. The lowest BCUT2D eigenvalue weighted by Gasteiger charge is -2.19. The number of hydrogen-bond acceptors (Lipinski definition) is 8. The monoisotopic (exact) mass is 508 g/mol. The Balaban J connectivity index is 1.88. The molecule has 0 saturated heterocycles. The first kappa shape index (κ1) is 26.7. The first-order chi connectivity index (χ1) is 15.7. The number of ether oxygens (including phenoxy) is 2. The van der Waals surface area contributed by atoms with Crippen molar-refractivity contribution in [1.29, 1.82) is 0 Å². The number of amides is 2. The molecule has 182 valence electrons. The van der Waals surface area contributed by atoms with Crippen LogP contribution in [0.1, 0.15) is 25.0 Å². The smallest absolute Gasteiger partial charge is 0.422 e. The molecule has 12 heteroatoms. The van der Waals surface area contributed by atoms with Crippen molar-refractivity contribution >= 4 is 32.2 Å². The van der Waals surface area contributed by atoms with Crippen molar-refractivity contribution in [2.24, 2.45) is 0 Å². The van der Waals surface area contributed by atoms with Gasteiger partial charge >= 0.3 is 12.2 Å². The molecule has 0 aliphatic rings. The van der Waals surface area contributed by atoms with Gasteiger partial charge in [0.1, 0.15) is 0 Å². The standard InChI is InChI=1S/C22H24N2O8S2/c1-16-6-10-18(11-7-16)33(27,28)23-20(25)31-15-5-14-22(3,4)32-21(26)24-34(29,30)19-12-8-17(2)9-13-19/h6-13H,15H2,1-4H3,(H,23,25)(H,24,26). The van der Waals surface area contributed by atoms with E-state index in [4.69, 9.17) is 9.47 Å². The van der Waals surface area contributed by atoms with Gasteiger partial charge in [-0.3, -0.25) is 0 Å². The van der Waals surface area contributed by atoms with Gasteiger partial charge in [0.2, 0.25) is 0 Å². The summed E-state index contributed by atoms with van der Waals surface area (Å²) in [7, 11) is -8.24. The van der Waals surface area contributed by atoms with Crippen molar-refractivity contribution in [3.8, 4) is 11.8 Å². The van der Waals surface area contributed by atoms with Gasteiger partial charge in [0.05, 0.1) is 9.79 Å². The summed E-state index contributed by atoms with van der Waals surface area (Å²) in [5, 5.41) is 0. The number of benzene rings is 2. The highest BCUT2D eigenvalue weighted by Crippen LogP contribution is 2.13. The van der Waals surface area contributed by atoms with E-state index >= 15 is 0 Å². The summed E-state index contributed by atoms with van der Waals surface area (Å²) in [6.07, 6.45) is -2.49. The van der Waals surface area contributed by atoms with Crippen molar-refractivity contribution in [3.63, 3.8) is 0 Å². The highest BCUT2D eigenvalue weighted by molar-refractivity contribution is 7.90. The van der Waals surface area contributed by atoms with Crippen LogP contribution in [0.4, 0.5) is 9.59 Å². The Labute approximate surface area is 198 Å². The predicted octanol–water partition coefficient (Wildman–Crippen LogP) is 2.62. The van der Waals surface area contributed by atoms with E-state index in [1.54, 1.807) is 47.6 Å². The summed E-state index contributed by atoms with van der Waals surface area (Å²) in [6.45, 7) is 5.84. The number of hydrogen-bond donors (Lipinski definition) is 2. The van der Waals surface area contributed by atoms with E-state index in [9.17, 15) is 26.4 Å². The molecule has 0 heterocycles. The molecule has 0 aliphatic carbocycles. The first-order valence-corrected chi connectivity index (χ1v) is 12.8. The van der Waals surface area contributed by atoms with Crippen LogP contribution in [0.5, 0.6) is 0 Å². The molecular weight excluding hydrogens is 484 g/mol. The van der Waals surface area contributed by atoms with Gasteiger partial charge in [-0.25, -0.2) is 35.9 Å². The molecule has 0 bridgehead atoms. The molecule has 2 aromatic rings. The third-order valence-corrected chi connectivity index (χ3v) is 6.77. The van der Waals surface area contributed by atoms with E-state index in [2.05, 4.69) is 11.8 Å². The van der Waals surface area contributed by atoms with Crippen molar-refractivity contribution in [2.45, 2.75) is 43.1 Å². The minimum absolute atomic E-state index is 0.109. The van der Waals surface area contributed by atoms with Crippen LogP contribution in [0.3, 0.4) is 0 Å². The lowest BCUT2D eigenvalue weighted by molar-refractivity contribution is 0.0827. The van der Waals surface area contributed by atoms with Gasteiger partial charge < -0.3 is 9.47 Å². The molecule has 0 unspecified atom stereocenters. The Kier molecular flexibility index (Phi) is 8.31. The molecular formula is C22H24N2O8S2. The molecule has 0 aliphatic heterocycles. The minimum atomic E-state index is -4.14. The van der Waals surface area contributed by atoms with E-state index in [1.165, 1.54) is 38.1 Å². The average Bonchev–Trinajstić information content (AvgIpc) is 2.70. The SMILES string of the molecule is Cc1ccc(S(=O)(=O)NC(=O)OCC#CC(C)(C)OC(=O)NS(=O)(=O)c2ccc(C)cc2)cc1. The Bertz CT molecular complexity index is 1320. The summed E-state index contributed by atoms with van der Waals surface area (Å²) < 4.78 is 62.0. The van der Waals surface area contributed by atoms with E-state index in [0.717, 1.165) is 11.1 Å². The van der Waals surface area contributed by atoms with Crippen LogP contribution in [0.25, 0.3) is 0 Å². The quantitative estimate of drug-likeness (QED) is 0.567. The molecule has 0 atom stereocenters. The maximum atomic E-state index is 12.2. The summed E-state index contributed by atoms with van der Waals surface area (Å²) in [4.78, 5) is 23.6. The third kappa shape index (κ3) is 8.09. The fourth-order valence-electron chi connectivity index (χ4n) is 2.43. The maximum Gasteiger partial charge on any atom is 0.422 e. The third-order valence-electron chi connectivity index (χ3n) is 4.11. The number of nitrogens with one attached hydrogen (secondary N) is 2. The second-order valence-electron chi connectivity index (χ2n) is 7.61. The van der Waals surface area contributed by atoms with Gasteiger partial charge in [-0.15, -0.1) is 0 Å². The van der Waals surface area contributed by atoms with E-state index in [-0.39, 0.29) is 9.79 Å². The van der Waals surface area contributed by atoms with E-state index in [0.29, 0.717) is 0 Å². The van der Waals surface area contributed by atoms with Crippen LogP contribution in [0.15, 0.2) is 58.3 Å². The largest absolute Gasteiger partial charge is 0.436 e. The lowest BCUT2D eigenvalue weighted by Crippen LogP contribution is -2.37. The van der Waals surface area contributed by atoms with Crippen molar-refractivity contribution < 1.29 is 35.9 Å². The van der Waals surface area contributed by atoms with Crippen LogP contribution in [-0.4, -0.2) is 41.2 Å². The lowest BCUT2D eigenvalue weighted by atomic mass is 10.1.